The second-order valence-electron chi connectivity index (χ2n) is 4.48. The molecule has 0 fully saturated rings. The van der Waals surface area contributed by atoms with E-state index in [1.54, 1.807) is 0 Å². The van der Waals surface area contributed by atoms with Crippen LogP contribution >= 0.6 is 12.4 Å². The number of halogens is 1. The summed E-state index contributed by atoms with van der Waals surface area (Å²) in [6.45, 7) is 0.122. The Morgan fingerprint density at radius 3 is 1.63 bits per heavy atom. The van der Waals surface area contributed by atoms with E-state index >= 15 is 0 Å². The zero-order valence-corrected chi connectivity index (χ0v) is 11.6. The molecule has 3 N–H and O–H groups in total. The van der Waals surface area contributed by atoms with Gasteiger partial charge in [-0.25, -0.2) is 0 Å². The van der Waals surface area contributed by atoms with Gasteiger partial charge in [0.2, 0.25) is 0 Å². The van der Waals surface area contributed by atoms with Gasteiger partial charge in [0.1, 0.15) is 0 Å². The van der Waals surface area contributed by atoms with E-state index in [2.05, 4.69) is 24.3 Å². The van der Waals surface area contributed by atoms with Crippen molar-refractivity contribution in [3.63, 3.8) is 0 Å². The van der Waals surface area contributed by atoms with Crippen LogP contribution in [-0.4, -0.2) is 17.8 Å². The Morgan fingerprint density at radius 2 is 1.26 bits per heavy atom. The summed E-state index contributed by atoms with van der Waals surface area (Å²) in [6, 6.07) is 20.4. The van der Waals surface area contributed by atoms with E-state index in [0.29, 0.717) is 6.42 Å². The summed E-state index contributed by atoms with van der Waals surface area (Å²) in [5, 5.41) is 9.10. The number of aliphatic hydroxyl groups is 1. The Kier molecular flexibility index (Phi) is 6.57. The molecule has 102 valence electrons. The van der Waals surface area contributed by atoms with Gasteiger partial charge in [-0.1, -0.05) is 60.7 Å². The maximum Gasteiger partial charge on any atom is 0.0446 e. The Bertz CT molecular complexity index is 421. The summed E-state index contributed by atoms with van der Waals surface area (Å²) >= 11 is 0. The monoisotopic (exact) mass is 277 g/mol. The van der Waals surface area contributed by atoms with E-state index < -0.39 is 0 Å². The van der Waals surface area contributed by atoms with Crippen molar-refractivity contribution in [3.05, 3.63) is 71.8 Å². The van der Waals surface area contributed by atoms with Gasteiger partial charge in [0.15, 0.2) is 0 Å². The minimum Gasteiger partial charge on any atom is -0.396 e. The number of rotatable bonds is 5. The number of nitrogens with two attached hydrogens (primary N) is 1. The summed E-state index contributed by atoms with van der Waals surface area (Å²) in [4.78, 5) is 0. The maximum atomic E-state index is 9.10. The third-order valence-electron chi connectivity index (χ3n) is 3.21. The lowest BCUT2D eigenvalue weighted by Gasteiger charge is -2.24. The zero-order chi connectivity index (χ0) is 12.8. The van der Waals surface area contributed by atoms with E-state index in [1.165, 1.54) is 11.1 Å². The van der Waals surface area contributed by atoms with Crippen molar-refractivity contribution in [3.8, 4) is 0 Å². The lowest BCUT2D eigenvalue weighted by atomic mass is 9.84. The molecular weight excluding hydrogens is 258 g/mol. The normalized spacial score (nSPS) is 11.9. The lowest BCUT2D eigenvalue weighted by molar-refractivity contribution is 0.271. The molecule has 19 heavy (non-hydrogen) atoms. The van der Waals surface area contributed by atoms with Crippen LogP contribution in [0.5, 0.6) is 0 Å². The van der Waals surface area contributed by atoms with Crippen LogP contribution in [-0.2, 0) is 0 Å². The highest BCUT2D eigenvalue weighted by atomic mass is 35.5. The third-order valence-corrected chi connectivity index (χ3v) is 3.21. The Hall–Kier alpha value is -1.35. The van der Waals surface area contributed by atoms with Gasteiger partial charge in [0.05, 0.1) is 0 Å². The van der Waals surface area contributed by atoms with Crippen molar-refractivity contribution in [1.29, 1.82) is 0 Å². The van der Waals surface area contributed by atoms with Gasteiger partial charge in [-0.2, -0.15) is 0 Å². The van der Waals surface area contributed by atoms with Crippen LogP contribution in [0.25, 0.3) is 0 Å². The van der Waals surface area contributed by atoms with E-state index in [1.807, 2.05) is 36.4 Å². The van der Waals surface area contributed by atoms with Crippen molar-refractivity contribution in [2.45, 2.75) is 18.4 Å². The summed E-state index contributed by atoms with van der Waals surface area (Å²) < 4.78 is 0. The topological polar surface area (TPSA) is 46.2 Å². The first kappa shape index (κ1) is 15.7. The molecule has 1 atom stereocenters. The van der Waals surface area contributed by atoms with Crippen molar-refractivity contribution < 1.29 is 5.11 Å². The van der Waals surface area contributed by atoms with Crippen molar-refractivity contribution >= 4 is 12.4 Å². The van der Waals surface area contributed by atoms with Crippen molar-refractivity contribution in [2.75, 3.05) is 6.61 Å². The maximum absolute atomic E-state index is 9.10. The molecule has 0 aliphatic heterocycles. The molecule has 2 aromatic carbocycles. The SMILES string of the molecule is Cl.NC(CCO)C(c1ccccc1)c1ccccc1. The van der Waals surface area contributed by atoms with Crippen LogP contribution in [0.1, 0.15) is 23.5 Å². The van der Waals surface area contributed by atoms with Crippen LogP contribution < -0.4 is 5.73 Å². The molecule has 0 saturated heterocycles. The highest BCUT2D eigenvalue weighted by molar-refractivity contribution is 5.85. The van der Waals surface area contributed by atoms with Crippen LogP contribution in [0.3, 0.4) is 0 Å². The molecule has 3 heteroatoms. The molecule has 0 bridgehead atoms. The molecule has 0 spiro atoms. The molecule has 2 aromatic rings. The predicted molar refractivity (Wildman–Crippen MR) is 81.7 cm³/mol. The lowest BCUT2D eigenvalue weighted by Crippen LogP contribution is -2.30. The standard InChI is InChI=1S/C16H19NO.ClH/c17-15(11-12-18)16(13-7-3-1-4-8-13)14-9-5-2-6-10-14;/h1-10,15-16,18H,11-12,17H2;1H. The number of hydrogen-bond donors (Lipinski definition) is 2. The van der Waals surface area contributed by atoms with Gasteiger partial charge in [-0.3, -0.25) is 0 Å². The summed E-state index contributed by atoms with van der Waals surface area (Å²) in [5.74, 6) is 0.138. The second kappa shape index (κ2) is 7.95. The number of aliphatic hydroxyl groups excluding tert-OH is 1. The largest absolute Gasteiger partial charge is 0.396 e. The minimum absolute atomic E-state index is 0. The molecule has 0 amide bonds. The van der Waals surface area contributed by atoms with Gasteiger partial charge in [0.25, 0.3) is 0 Å². The number of benzene rings is 2. The van der Waals surface area contributed by atoms with E-state index in [9.17, 15) is 0 Å². The average molecular weight is 278 g/mol. The molecule has 2 rings (SSSR count). The second-order valence-corrected chi connectivity index (χ2v) is 4.48. The highest BCUT2D eigenvalue weighted by Gasteiger charge is 2.20. The third kappa shape index (κ3) is 4.06. The highest BCUT2D eigenvalue weighted by Crippen LogP contribution is 2.28. The number of hydrogen-bond acceptors (Lipinski definition) is 2. The van der Waals surface area contributed by atoms with E-state index in [4.69, 9.17) is 10.8 Å². The molecule has 2 nitrogen and oxygen atoms in total. The quantitative estimate of drug-likeness (QED) is 0.883. The van der Waals surface area contributed by atoms with E-state index in [0.717, 1.165) is 0 Å². The van der Waals surface area contributed by atoms with Gasteiger partial charge in [-0.15, -0.1) is 12.4 Å². The van der Waals surface area contributed by atoms with Gasteiger partial charge in [-0.05, 0) is 17.5 Å². The molecule has 0 aromatic heterocycles. The van der Waals surface area contributed by atoms with Crippen molar-refractivity contribution in [1.82, 2.24) is 0 Å². The van der Waals surface area contributed by atoms with Crippen molar-refractivity contribution in [2.24, 2.45) is 5.73 Å². The predicted octanol–water partition coefficient (Wildman–Crippen LogP) is 2.95. The zero-order valence-electron chi connectivity index (χ0n) is 10.8. The molecule has 0 aliphatic rings. The summed E-state index contributed by atoms with van der Waals surface area (Å²) in [6.07, 6.45) is 0.606. The Labute approximate surface area is 120 Å². The molecule has 0 heterocycles. The molecule has 0 saturated carbocycles. The van der Waals surface area contributed by atoms with Crippen LogP contribution in [0.4, 0.5) is 0 Å². The smallest absolute Gasteiger partial charge is 0.0446 e. The van der Waals surface area contributed by atoms with Gasteiger partial charge < -0.3 is 10.8 Å². The Balaban J connectivity index is 0.00000180. The van der Waals surface area contributed by atoms with Gasteiger partial charge >= 0.3 is 0 Å². The minimum atomic E-state index is -0.0696. The van der Waals surface area contributed by atoms with Gasteiger partial charge in [0, 0.05) is 18.6 Å². The molecular formula is C16H20ClNO. The average Bonchev–Trinajstić information content (AvgIpc) is 2.42. The van der Waals surface area contributed by atoms with Crippen LogP contribution in [0.15, 0.2) is 60.7 Å². The first-order valence-electron chi connectivity index (χ1n) is 6.29. The van der Waals surface area contributed by atoms with Crippen LogP contribution in [0.2, 0.25) is 0 Å². The Morgan fingerprint density at radius 1 is 0.842 bits per heavy atom. The van der Waals surface area contributed by atoms with E-state index in [-0.39, 0.29) is 31.0 Å². The first-order chi connectivity index (χ1) is 8.83. The summed E-state index contributed by atoms with van der Waals surface area (Å²) in [7, 11) is 0. The fourth-order valence-electron chi connectivity index (χ4n) is 2.32. The fraction of sp³-hybridized carbons (Fsp3) is 0.250. The first-order valence-corrected chi connectivity index (χ1v) is 6.29. The molecule has 0 aliphatic carbocycles. The molecule has 1 unspecified atom stereocenters. The van der Waals surface area contributed by atoms with Crippen LogP contribution in [0, 0.1) is 0 Å². The fourth-order valence-corrected chi connectivity index (χ4v) is 2.32. The summed E-state index contributed by atoms with van der Waals surface area (Å²) in [5.41, 5.74) is 8.63. The molecule has 0 radical (unpaired) electrons.